The molecule has 22 heavy (non-hydrogen) atoms. The van der Waals surface area contributed by atoms with Gasteiger partial charge in [-0.1, -0.05) is 6.07 Å². The zero-order valence-electron chi connectivity index (χ0n) is 12.3. The number of nitrogens with one attached hydrogen (secondary N) is 1. The number of ether oxygens (including phenoxy) is 1. The first-order valence-electron chi connectivity index (χ1n) is 7.36. The van der Waals surface area contributed by atoms with Gasteiger partial charge in [-0.25, -0.2) is 14.2 Å². The fourth-order valence-electron chi connectivity index (χ4n) is 2.79. The molecule has 1 atom stereocenters. The molecule has 1 aliphatic rings. The van der Waals surface area contributed by atoms with Crippen LogP contribution in [0, 0.1) is 5.82 Å². The minimum Gasteiger partial charge on any atom is -0.462 e. The molecule has 0 spiro atoms. The molecule has 114 valence electrons. The number of esters is 1. The number of aromatic nitrogens is 1. The van der Waals surface area contributed by atoms with Crippen LogP contribution in [-0.2, 0) is 11.2 Å². The van der Waals surface area contributed by atoms with Crippen LogP contribution in [0.3, 0.4) is 0 Å². The van der Waals surface area contributed by atoms with Gasteiger partial charge in [0.05, 0.1) is 12.6 Å². The van der Waals surface area contributed by atoms with Crippen LogP contribution in [0.1, 0.15) is 40.9 Å². The smallest absolute Gasteiger partial charge is 0.341 e. The third kappa shape index (κ3) is 2.79. The molecule has 1 aromatic heterocycles. The van der Waals surface area contributed by atoms with Crippen LogP contribution in [0.25, 0.3) is 0 Å². The first-order chi connectivity index (χ1) is 10.7. The molecule has 0 bridgehead atoms. The lowest BCUT2D eigenvalue weighted by Gasteiger charge is -2.16. The zero-order valence-corrected chi connectivity index (χ0v) is 12.3. The van der Waals surface area contributed by atoms with Crippen molar-refractivity contribution in [3.63, 3.8) is 0 Å². The molecule has 0 radical (unpaired) electrons. The minimum absolute atomic E-state index is 0.0266. The maximum Gasteiger partial charge on any atom is 0.341 e. The van der Waals surface area contributed by atoms with Gasteiger partial charge in [0.1, 0.15) is 17.2 Å². The van der Waals surface area contributed by atoms with E-state index in [1.54, 1.807) is 37.4 Å². The Labute approximate surface area is 128 Å². The highest BCUT2D eigenvalue weighted by Crippen LogP contribution is 2.34. The fraction of sp³-hybridized carbons (Fsp3) is 0.294. The third-order valence-corrected chi connectivity index (χ3v) is 3.80. The van der Waals surface area contributed by atoms with Gasteiger partial charge in [-0.05, 0) is 55.2 Å². The minimum atomic E-state index is -0.393. The molecular weight excluding hydrogens is 283 g/mol. The van der Waals surface area contributed by atoms with Crippen molar-refractivity contribution in [2.24, 2.45) is 0 Å². The Balaban J connectivity index is 1.85. The van der Waals surface area contributed by atoms with E-state index in [2.05, 4.69) is 10.3 Å². The highest BCUT2D eigenvalue weighted by Gasteiger charge is 2.24. The predicted octanol–water partition coefficient (Wildman–Crippen LogP) is 3.50. The highest BCUT2D eigenvalue weighted by atomic mass is 19.1. The molecule has 0 amide bonds. The van der Waals surface area contributed by atoms with E-state index in [4.69, 9.17) is 4.74 Å². The molecule has 2 aromatic rings. The number of pyridine rings is 1. The summed E-state index contributed by atoms with van der Waals surface area (Å²) in [5.74, 6) is -0.108. The number of aryl methyl sites for hydroxylation is 1. The lowest BCUT2D eigenvalue weighted by Crippen LogP contribution is -2.14. The second-order valence-electron chi connectivity index (χ2n) is 5.20. The number of benzene rings is 1. The Morgan fingerprint density at radius 3 is 3.14 bits per heavy atom. The van der Waals surface area contributed by atoms with Gasteiger partial charge in [0.25, 0.3) is 0 Å². The predicted molar refractivity (Wildman–Crippen MR) is 81.3 cm³/mol. The highest BCUT2D eigenvalue weighted by molar-refractivity contribution is 5.94. The topological polar surface area (TPSA) is 51.2 Å². The molecule has 5 heteroatoms. The SMILES string of the molecule is CCOC(=O)c1cccnc1NC1CCc2cc(F)ccc21. The first kappa shape index (κ1) is 14.5. The number of anilines is 1. The first-order valence-corrected chi connectivity index (χ1v) is 7.36. The maximum atomic E-state index is 13.3. The average Bonchev–Trinajstić information content (AvgIpc) is 2.90. The van der Waals surface area contributed by atoms with Crippen LogP contribution in [0.15, 0.2) is 36.5 Å². The summed E-state index contributed by atoms with van der Waals surface area (Å²) in [7, 11) is 0. The maximum absolute atomic E-state index is 13.3. The van der Waals surface area contributed by atoms with Crippen molar-refractivity contribution in [3.05, 3.63) is 59.0 Å². The summed E-state index contributed by atoms with van der Waals surface area (Å²) in [4.78, 5) is 16.2. The average molecular weight is 300 g/mol. The summed E-state index contributed by atoms with van der Waals surface area (Å²) in [5.41, 5.74) is 2.48. The molecule has 1 aromatic carbocycles. The summed E-state index contributed by atoms with van der Waals surface area (Å²) >= 11 is 0. The van der Waals surface area contributed by atoms with Gasteiger partial charge in [-0.15, -0.1) is 0 Å². The van der Waals surface area contributed by atoms with Crippen molar-refractivity contribution in [3.8, 4) is 0 Å². The van der Waals surface area contributed by atoms with Crippen molar-refractivity contribution in [2.75, 3.05) is 11.9 Å². The van der Waals surface area contributed by atoms with Gasteiger partial charge in [-0.3, -0.25) is 0 Å². The Hall–Kier alpha value is -2.43. The van der Waals surface area contributed by atoms with Crippen molar-refractivity contribution in [1.82, 2.24) is 4.98 Å². The van der Waals surface area contributed by atoms with E-state index in [0.29, 0.717) is 18.0 Å². The summed E-state index contributed by atoms with van der Waals surface area (Å²) < 4.78 is 18.3. The van der Waals surface area contributed by atoms with Crippen LogP contribution < -0.4 is 5.32 Å². The third-order valence-electron chi connectivity index (χ3n) is 3.80. The largest absolute Gasteiger partial charge is 0.462 e. The number of hydrogen-bond donors (Lipinski definition) is 1. The summed E-state index contributed by atoms with van der Waals surface area (Å²) in [6.45, 7) is 2.09. The molecule has 1 unspecified atom stereocenters. The normalized spacial score (nSPS) is 16.2. The van der Waals surface area contributed by atoms with Crippen molar-refractivity contribution in [1.29, 1.82) is 0 Å². The van der Waals surface area contributed by atoms with E-state index in [9.17, 15) is 9.18 Å². The van der Waals surface area contributed by atoms with Gasteiger partial charge in [0, 0.05) is 6.20 Å². The quantitative estimate of drug-likeness (QED) is 0.878. The Bertz CT molecular complexity index is 703. The van der Waals surface area contributed by atoms with Gasteiger partial charge in [0.15, 0.2) is 0 Å². The molecule has 1 aliphatic carbocycles. The van der Waals surface area contributed by atoms with E-state index in [1.807, 2.05) is 0 Å². The van der Waals surface area contributed by atoms with E-state index in [1.165, 1.54) is 6.07 Å². The van der Waals surface area contributed by atoms with Crippen LogP contribution in [-0.4, -0.2) is 17.6 Å². The number of carbonyl (C=O) groups is 1. The van der Waals surface area contributed by atoms with E-state index < -0.39 is 5.97 Å². The van der Waals surface area contributed by atoms with Gasteiger partial charge in [-0.2, -0.15) is 0 Å². The number of nitrogens with zero attached hydrogens (tertiary/aromatic N) is 1. The standard InChI is InChI=1S/C17H17FN2O2/c1-2-22-17(21)14-4-3-9-19-16(14)20-15-8-5-11-10-12(18)6-7-13(11)15/h3-4,6-7,9-10,15H,2,5,8H2,1H3,(H,19,20). The van der Waals surface area contributed by atoms with Crippen molar-refractivity contribution >= 4 is 11.8 Å². The van der Waals surface area contributed by atoms with Crippen LogP contribution in [0.2, 0.25) is 0 Å². The Morgan fingerprint density at radius 2 is 2.32 bits per heavy atom. The van der Waals surface area contributed by atoms with E-state index >= 15 is 0 Å². The molecule has 1 N–H and O–H groups in total. The lowest BCUT2D eigenvalue weighted by atomic mass is 10.1. The van der Waals surface area contributed by atoms with Crippen LogP contribution in [0.5, 0.6) is 0 Å². The fourth-order valence-corrected chi connectivity index (χ4v) is 2.79. The Kier molecular flexibility index (Phi) is 4.04. The zero-order chi connectivity index (χ0) is 15.5. The monoisotopic (exact) mass is 300 g/mol. The van der Waals surface area contributed by atoms with Gasteiger partial charge >= 0.3 is 5.97 Å². The van der Waals surface area contributed by atoms with E-state index in [-0.39, 0.29) is 11.9 Å². The second-order valence-corrected chi connectivity index (χ2v) is 5.20. The molecule has 0 aliphatic heterocycles. The molecule has 3 rings (SSSR count). The molecule has 0 saturated carbocycles. The number of rotatable bonds is 4. The van der Waals surface area contributed by atoms with Crippen molar-refractivity contribution in [2.45, 2.75) is 25.8 Å². The van der Waals surface area contributed by atoms with Gasteiger partial charge in [0.2, 0.25) is 0 Å². The number of carbonyl (C=O) groups excluding carboxylic acids is 1. The number of halogens is 1. The molecule has 0 saturated heterocycles. The van der Waals surface area contributed by atoms with Crippen LogP contribution >= 0.6 is 0 Å². The molecule has 0 fully saturated rings. The van der Waals surface area contributed by atoms with Gasteiger partial charge < -0.3 is 10.1 Å². The lowest BCUT2D eigenvalue weighted by molar-refractivity contribution is 0.0527. The molecular formula is C17H17FN2O2. The number of hydrogen-bond acceptors (Lipinski definition) is 4. The van der Waals surface area contributed by atoms with Crippen LogP contribution in [0.4, 0.5) is 10.2 Å². The van der Waals surface area contributed by atoms with E-state index in [0.717, 1.165) is 24.0 Å². The summed E-state index contributed by atoms with van der Waals surface area (Å²) in [5, 5.41) is 3.29. The molecule has 4 nitrogen and oxygen atoms in total. The number of fused-ring (bicyclic) bond motifs is 1. The Morgan fingerprint density at radius 1 is 1.45 bits per heavy atom. The second kappa shape index (κ2) is 6.13. The summed E-state index contributed by atoms with van der Waals surface area (Å²) in [6.07, 6.45) is 3.29. The van der Waals surface area contributed by atoms with Crippen molar-refractivity contribution < 1.29 is 13.9 Å². The molecule has 1 heterocycles. The summed E-state index contributed by atoms with van der Waals surface area (Å²) in [6, 6.07) is 8.25.